The zero-order chi connectivity index (χ0) is 59.3. The Morgan fingerprint density at radius 3 is 1.12 bits per heavy atom. The highest BCUT2D eigenvalue weighted by Crippen LogP contribution is 2.23. The van der Waals surface area contributed by atoms with Crippen LogP contribution in [0.15, 0.2) is 85.1 Å². The standard InChI is InChI=1S/C73H131NO8/c1-3-5-7-9-11-13-15-17-19-21-23-25-27-29-31-32-33-34-35-36-37-39-41-43-45-47-49-51-53-55-57-59-61-63-69(77)74-66(65-81-73-72(80)71(79)70(78)68(64-75)82-73)67(76)62-60-58-56-54-52-50-48-46-44-42-40-38-30-28-26-24-22-20-18-16-14-12-10-8-6-4-2/h5,7,11,13,17,19,23,25,29,31,33-34,60,62,66-68,70-73,75-76,78-80H,3-4,6,8-10,12,14-16,18,20-22,24,26-28,30,32,35-59,61,63-65H2,1-2H3,(H,74,77)/b7-5-,13-11-,19-17-,25-23-,31-29-,34-33-,62-60+. The molecule has 1 aliphatic heterocycles. The molecule has 7 unspecified atom stereocenters. The van der Waals surface area contributed by atoms with Crippen molar-refractivity contribution in [1.29, 1.82) is 0 Å². The van der Waals surface area contributed by atoms with E-state index in [1.807, 2.05) is 6.08 Å². The molecule has 0 bridgehead atoms. The number of unbranched alkanes of at least 4 members (excludes halogenated alkanes) is 38. The van der Waals surface area contributed by atoms with Crippen LogP contribution in [0.5, 0.6) is 0 Å². The van der Waals surface area contributed by atoms with Gasteiger partial charge in [0.2, 0.25) is 5.91 Å². The summed E-state index contributed by atoms with van der Waals surface area (Å²) in [6, 6.07) is -0.811. The van der Waals surface area contributed by atoms with Crippen LogP contribution in [0, 0.1) is 0 Å². The van der Waals surface area contributed by atoms with E-state index in [0.29, 0.717) is 6.42 Å². The zero-order valence-corrected chi connectivity index (χ0v) is 53.2. The monoisotopic (exact) mass is 1150 g/mol. The van der Waals surface area contributed by atoms with E-state index in [1.54, 1.807) is 6.08 Å². The Morgan fingerprint density at radius 2 is 0.756 bits per heavy atom. The lowest BCUT2D eigenvalue weighted by atomic mass is 9.99. The number of rotatable bonds is 60. The van der Waals surface area contributed by atoms with E-state index in [0.717, 1.165) is 77.0 Å². The van der Waals surface area contributed by atoms with Crippen LogP contribution in [0.2, 0.25) is 0 Å². The highest BCUT2D eigenvalue weighted by molar-refractivity contribution is 5.76. The molecule has 1 aliphatic rings. The first-order chi connectivity index (χ1) is 40.3. The van der Waals surface area contributed by atoms with Gasteiger partial charge in [0, 0.05) is 6.42 Å². The van der Waals surface area contributed by atoms with Gasteiger partial charge in [-0.05, 0) is 70.6 Å². The predicted molar refractivity (Wildman–Crippen MR) is 350 cm³/mol. The molecule has 6 N–H and O–H groups in total. The first kappa shape index (κ1) is 77.4. The van der Waals surface area contributed by atoms with Crippen molar-refractivity contribution in [3.63, 3.8) is 0 Å². The van der Waals surface area contributed by atoms with Crippen molar-refractivity contribution in [2.75, 3.05) is 13.2 Å². The van der Waals surface area contributed by atoms with Crippen LogP contribution in [0.4, 0.5) is 0 Å². The van der Waals surface area contributed by atoms with Crippen molar-refractivity contribution in [1.82, 2.24) is 5.32 Å². The summed E-state index contributed by atoms with van der Waals surface area (Å²) in [6.45, 7) is 3.70. The maximum atomic E-state index is 13.1. The summed E-state index contributed by atoms with van der Waals surface area (Å²) in [6.07, 6.45) is 81.1. The third kappa shape index (κ3) is 49.6. The van der Waals surface area contributed by atoms with Gasteiger partial charge in [-0.3, -0.25) is 4.79 Å². The van der Waals surface area contributed by atoms with E-state index < -0.39 is 49.5 Å². The number of hydrogen-bond acceptors (Lipinski definition) is 8. The van der Waals surface area contributed by atoms with Crippen molar-refractivity contribution in [2.45, 2.75) is 358 Å². The lowest BCUT2D eigenvalue weighted by Gasteiger charge is -2.40. The summed E-state index contributed by atoms with van der Waals surface area (Å²) in [5.41, 5.74) is 0. The number of nitrogens with one attached hydrogen (secondary N) is 1. The summed E-state index contributed by atoms with van der Waals surface area (Å²) in [4.78, 5) is 13.1. The number of allylic oxidation sites excluding steroid dienone is 13. The molecule has 0 aliphatic carbocycles. The molecule has 0 aromatic heterocycles. The molecule has 0 saturated carbocycles. The molecule has 0 aromatic rings. The van der Waals surface area contributed by atoms with E-state index in [4.69, 9.17) is 9.47 Å². The van der Waals surface area contributed by atoms with Gasteiger partial charge in [-0.25, -0.2) is 0 Å². The van der Waals surface area contributed by atoms with E-state index in [1.165, 1.54) is 218 Å². The average molecular weight is 1150 g/mol. The topological polar surface area (TPSA) is 149 Å². The van der Waals surface area contributed by atoms with Crippen molar-refractivity contribution < 1.29 is 39.8 Å². The molecule has 9 heteroatoms. The van der Waals surface area contributed by atoms with Gasteiger partial charge in [-0.1, -0.05) is 324 Å². The fourth-order valence-corrected chi connectivity index (χ4v) is 10.8. The Labute approximate surface area is 505 Å². The number of carbonyl (C=O) groups excluding carboxylic acids is 1. The smallest absolute Gasteiger partial charge is 0.220 e. The molecule has 0 radical (unpaired) electrons. The third-order valence-corrected chi connectivity index (χ3v) is 16.2. The van der Waals surface area contributed by atoms with E-state index in [9.17, 15) is 30.3 Å². The lowest BCUT2D eigenvalue weighted by molar-refractivity contribution is -0.302. The molecule has 82 heavy (non-hydrogen) atoms. The number of hydrogen-bond donors (Lipinski definition) is 6. The normalized spacial score (nSPS) is 18.8. The fraction of sp³-hybridized carbons (Fsp3) is 0.795. The highest BCUT2D eigenvalue weighted by atomic mass is 16.7. The fourth-order valence-electron chi connectivity index (χ4n) is 10.8. The third-order valence-electron chi connectivity index (χ3n) is 16.2. The van der Waals surface area contributed by atoms with Gasteiger partial charge in [0.05, 0.1) is 25.4 Å². The van der Waals surface area contributed by atoms with Gasteiger partial charge in [-0.2, -0.15) is 0 Å². The van der Waals surface area contributed by atoms with Crippen LogP contribution in [0.1, 0.15) is 316 Å². The number of aliphatic hydroxyl groups is 5. The van der Waals surface area contributed by atoms with E-state index in [-0.39, 0.29) is 12.5 Å². The van der Waals surface area contributed by atoms with Gasteiger partial charge < -0.3 is 40.3 Å². The molecule has 9 nitrogen and oxygen atoms in total. The zero-order valence-electron chi connectivity index (χ0n) is 53.2. The van der Waals surface area contributed by atoms with Crippen molar-refractivity contribution in [3.05, 3.63) is 85.1 Å². The predicted octanol–water partition coefficient (Wildman–Crippen LogP) is 18.9. The minimum atomic E-state index is -1.57. The molecule has 1 saturated heterocycles. The Balaban J connectivity index is 2.14. The molecule has 0 aromatic carbocycles. The molecule has 1 heterocycles. The lowest BCUT2D eigenvalue weighted by Crippen LogP contribution is -2.60. The first-order valence-electron chi connectivity index (χ1n) is 34.8. The van der Waals surface area contributed by atoms with Crippen molar-refractivity contribution in [2.24, 2.45) is 0 Å². The highest BCUT2D eigenvalue weighted by Gasteiger charge is 2.44. The molecule has 1 rings (SSSR count). The molecule has 476 valence electrons. The van der Waals surface area contributed by atoms with Gasteiger partial charge in [0.1, 0.15) is 24.4 Å². The van der Waals surface area contributed by atoms with Gasteiger partial charge in [-0.15, -0.1) is 0 Å². The average Bonchev–Trinajstić information content (AvgIpc) is 3.57. The Kier molecular flexibility index (Phi) is 58.0. The molecular weight excluding hydrogens is 1020 g/mol. The van der Waals surface area contributed by atoms with E-state index in [2.05, 4.69) is 92.1 Å². The molecule has 0 spiro atoms. The summed E-state index contributed by atoms with van der Waals surface area (Å²) < 4.78 is 11.3. The molecule has 1 amide bonds. The minimum absolute atomic E-state index is 0.176. The van der Waals surface area contributed by atoms with E-state index >= 15 is 0 Å². The summed E-state index contributed by atoms with van der Waals surface area (Å²) in [5.74, 6) is -0.176. The van der Waals surface area contributed by atoms with Crippen LogP contribution in [0.25, 0.3) is 0 Å². The number of amides is 1. The van der Waals surface area contributed by atoms with Crippen LogP contribution in [-0.4, -0.2) is 87.5 Å². The second-order valence-corrected chi connectivity index (χ2v) is 23.9. The second kappa shape index (κ2) is 61.5. The number of ether oxygens (including phenoxy) is 2. The second-order valence-electron chi connectivity index (χ2n) is 23.9. The van der Waals surface area contributed by atoms with Crippen LogP contribution in [-0.2, 0) is 14.3 Å². The Morgan fingerprint density at radius 1 is 0.427 bits per heavy atom. The molecule has 1 fully saturated rings. The molecule has 7 atom stereocenters. The Bertz CT molecular complexity index is 1570. The quantitative estimate of drug-likeness (QED) is 0.0261. The molecular formula is C73H131NO8. The summed E-state index contributed by atoms with van der Waals surface area (Å²) in [5, 5.41) is 54.8. The SMILES string of the molecule is CC/C=C\C/C=C\C/C=C\C/C=C\C/C=C\C/C=C\CCCCCCCCCCCCCCCCC(=O)NC(COC1OC(CO)C(O)C(O)C1O)C(O)/C=C/CCCCCCCCCCCCCCCCCCCCCCCCCC. The van der Waals surface area contributed by atoms with Gasteiger partial charge in [0.15, 0.2) is 6.29 Å². The van der Waals surface area contributed by atoms with Crippen LogP contribution >= 0.6 is 0 Å². The van der Waals surface area contributed by atoms with Crippen LogP contribution < -0.4 is 5.32 Å². The van der Waals surface area contributed by atoms with Crippen molar-refractivity contribution in [3.8, 4) is 0 Å². The Hall–Kier alpha value is -2.63. The maximum absolute atomic E-state index is 13.1. The number of carbonyl (C=O) groups is 1. The van der Waals surface area contributed by atoms with Gasteiger partial charge >= 0.3 is 0 Å². The summed E-state index contributed by atoms with van der Waals surface area (Å²) >= 11 is 0. The van der Waals surface area contributed by atoms with Gasteiger partial charge in [0.25, 0.3) is 0 Å². The van der Waals surface area contributed by atoms with Crippen LogP contribution in [0.3, 0.4) is 0 Å². The summed E-state index contributed by atoms with van der Waals surface area (Å²) in [7, 11) is 0. The first-order valence-corrected chi connectivity index (χ1v) is 34.8. The largest absolute Gasteiger partial charge is 0.394 e. The minimum Gasteiger partial charge on any atom is -0.394 e. The number of aliphatic hydroxyl groups excluding tert-OH is 5. The maximum Gasteiger partial charge on any atom is 0.220 e. The van der Waals surface area contributed by atoms with Crippen molar-refractivity contribution >= 4 is 5.91 Å².